The summed E-state index contributed by atoms with van der Waals surface area (Å²) in [6.07, 6.45) is 10.7. The van der Waals surface area contributed by atoms with Crippen molar-refractivity contribution < 1.29 is 62.4 Å². The van der Waals surface area contributed by atoms with Crippen LogP contribution < -0.4 is 5.32 Å². The third-order valence-corrected chi connectivity index (χ3v) is 14.9. The van der Waals surface area contributed by atoms with Crippen molar-refractivity contribution in [2.45, 2.75) is 191 Å². The number of likely N-dealkylation sites (N-methyl/N-ethyl adjacent to an activating group) is 1. The number of methoxy groups -OCH3 is 2. The van der Waals surface area contributed by atoms with Gasteiger partial charge in [0.05, 0.1) is 55.4 Å². The Kier molecular flexibility index (Phi) is 15.7. The van der Waals surface area contributed by atoms with Crippen molar-refractivity contribution in [2.24, 2.45) is 23.7 Å². The molecule has 354 valence electrons. The van der Waals surface area contributed by atoms with Crippen LogP contribution in [-0.2, 0) is 52.2 Å². The van der Waals surface area contributed by atoms with Gasteiger partial charge in [0.25, 0.3) is 0 Å². The van der Waals surface area contributed by atoms with Crippen LogP contribution in [0.2, 0.25) is 0 Å². The third kappa shape index (κ3) is 10.0. The Morgan fingerprint density at radius 3 is 2.35 bits per heavy atom. The first-order valence-corrected chi connectivity index (χ1v) is 23.4. The van der Waals surface area contributed by atoms with Crippen molar-refractivity contribution >= 4 is 5.97 Å². The summed E-state index contributed by atoms with van der Waals surface area (Å²) in [4.78, 5) is 14.4. The maximum Gasteiger partial charge on any atom is 0.316 e. The van der Waals surface area contributed by atoms with Gasteiger partial charge in [0.15, 0.2) is 18.4 Å². The lowest BCUT2D eigenvalue weighted by molar-refractivity contribution is -0.312. The highest BCUT2D eigenvalue weighted by atomic mass is 16.7. The van der Waals surface area contributed by atoms with E-state index in [0.717, 1.165) is 12.0 Å². The summed E-state index contributed by atoms with van der Waals surface area (Å²) in [5.74, 6) is -2.51. The van der Waals surface area contributed by atoms with Crippen molar-refractivity contribution in [1.82, 2.24) is 5.32 Å². The van der Waals surface area contributed by atoms with Crippen molar-refractivity contribution in [2.75, 3.05) is 27.9 Å². The van der Waals surface area contributed by atoms with Gasteiger partial charge in [-0.05, 0) is 69.9 Å². The van der Waals surface area contributed by atoms with Crippen LogP contribution in [0.3, 0.4) is 0 Å². The zero-order valence-electron chi connectivity index (χ0n) is 39.3. The second kappa shape index (κ2) is 20.3. The van der Waals surface area contributed by atoms with Gasteiger partial charge in [-0.15, -0.1) is 0 Å². The number of aliphatic hydroxyl groups is 2. The van der Waals surface area contributed by atoms with Gasteiger partial charge in [-0.1, -0.05) is 70.6 Å². The molecule has 1 aliphatic carbocycles. The van der Waals surface area contributed by atoms with Crippen LogP contribution in [-0.4, -0.2) is 141 Å². The fourth-order valence-electron chi connectivity index (χ4n) is 11.0. The molecule has 0 aromatic rings. The number of hydrogen-bond acceptors (Lipinski definition) is 14. The van der Waals surface area contributed by atoms with Crippen LogP contribution >= 0.6 is 0 Å². The van der Waals surface area contributed by atoms with Gasteiger partial charge >= 0.3 is 5.97 Å². The number of carbonyl (C=O) groups excluding carboxylic acids is 1. The van der Waals surface area contributed by atoms with E-state index in [4.69, 9.17) is 47.4 Å². The SMILES string of the molecule is CC[C@H](C)[C@H]1O[C@]2(C=C[C@@H]1C)C[C@@H]1C[C@@H](C/C=C(\C)[C@@H](O[C@H]3C[C@H](OC)[C@@H](O[C@H]4C[C@H](OC)C(NC)[C@H](C)O4)[C@H](C)O3)[C@@H](C)/C=C/C=C3\CO[C@@H]4[C@H](O)C(C)=C[C@@H](C(=O)O1)[C@]34O)O2. The quantitative estimate of drug-likeness (QED) is 0.194. The Balaban J connectivity index is 1.18. The molecule has 0 aromatic heterocycles. The molecule has 0 saturated carbocycles. The summed E-state index contributed by atoms with van der Waals surface area (Å²) in [7, 11) is 5.30. The minimum absolute atomic E-state index is 0.0411. The molecule has 3 N–H and O–H groups in total. The summed E-state index contributed by atoms with van der Waals surface area (Å²) >= 11 is 0. The number of esters is 1. The largest absolute Gasteiger partial charge is 0.462 e. The molecule has 0 aromatic carbocycles. The standard InChI is InChI=1S/C49H75NO13/c1-12-26(2)44-29(5)18-19-48(63-44)24-35-21-34(62-48)17-16-28(4)43(27(3)14-13-15-33-25-56-46-42(51)30(6)20-36(47(52)59-35)49(33,46)53)60-40-23-38(55-11)45(32(8)58-40)61-39-22-37(54-10)41(50-9)31(7)57-39/h13-16,18-20,26-27,29,31-32,34-46,50-51,53H,12,17,21-25H2,1-11H3/b14-13+,28-16+,33-15+/t26-,27-,29-,31-,32-,34+,35-,36-,37-,38-,39-,40-,41?,42+,43-,44+,45-,46+,48+,49+/m0/s1. The normalized spacial score (nSPS) is 48.6. The summed E-state index contributed by atoms with van der Waals surface area (Å²) in [6, 6.07) is 0.0442. The molecule has 1 spiro atoms. The lowest BCUT2D eigenvalue weighted by Crippen LogP contribution is -2.58. The van der Waals surface area contributed by atoms with Gasteiger partial charge in [-0.3, -0.25) is 4.79 Å². The van der Waals surface area contributed by atoms with Crippen molar-refractivity contribution in [1.29, 1.82) is 0 Å². The highest BCUT2D eigenvalue weighted by Gasteiger charge is 2.60. The average molecular weight is 886 g/mol. The van der Waals surface area contributed by atoms with E-state index in [1.807, 2.05) is 39.1 Å². The molecule has 0 amide bonds. The highest BCUT2D eigenvalue weighted by Crippen LogP contribution is 2.47. The molecule has 0 radical (unpaired) electrons. The minimum atomic E-state index is -1.83. The summed E-state index contributed by atoms with van der Waals surface area (Å²) < 4.78 is 64.6. The maximum absolute atomic E-state index is 14.4. The number of carbonyl (C=O) groups is 1. The molecule has 63 heavy (non-hydrogen) atoms. The molecular formula is C49H75NO13. The van der Waals surface area contributed by atoms with E-state index in [9.17, 15) is 15.0 Å². The Labute approximate surface area is 374 Å². The maximum atomic E-state index is 14.4. The van der Waals surface area contributed by atoms with Gasteiger partial charge in [0.1, 0.15) is 35.9 Å². The first kappa shape index (κ1) is 48.6. The molecule has 14 heteroatoms. The Hall–Kier alpha value is -2.31. The number of hydrogen-bond donors (Lipinski definition) is 3. The molecule has 6 heterocycles. The van der Waals surface area contributed by atoms with Crippen LogP contribution in [0.15, 0.2) is 59.3 Å². The topological polar surface area (TPSA) is 162 Å². The number of nitrogens with one attached hydrogen (secondary N) is 1. The molecule has 7 rings (SSSR count). The number of aliphatic hydroxyl groups excluding tert-OH is 1. The molecule has 2 bridgehead atoms. The summed E-state index contributed by atoms with van der Waals surface area (Å²) in [5, 5.41) is 27.1. The number of rotatable bonds is 9. The fraction of sp³-hybridized carbons (Fsp3) is 0.776. The third-order valence-electron chi connectivity index (χ3n) is 14.9. The van der Waals surface area contributed by atoms with Crippen LogP contribution in [0, 0.1) is 23.7 Å². The van der Waals surface area contributed by atoms with E-state index in [-0.39, 0.29) is 67.0 Å². The first-order chi connectivity index (χ1) is 30.0. The summed E-state index contributed by atoms with van der Waals surface area (Å²) in [5.41, 5.74) is 0.180. The van der Waals surface area contributed by atoms with Crippen molar-refractivity contribution in [3.63, 3.8) is 0 Å². The Morgan fingerprint density at radius 1 is 0.921 bits per heavy atom. The molecule has 4 fully saturated rings. The first-order valence-electron chi connectivity index (χ1n) is 23.4. The van der Waals surface area contributed by atoms with Gasteiger partial charge in [-0.25, -0.2) is 0 Å². The Morgan fingerprint density at radius 2 is 1.63 bits per heavy atom. The fourth-order valence-corrected chi connectivity index (χ4v) is 11.0. The van der Waals surface area contributed by atoms with E-state index >= 15 is 0 Å². The molecule has 14 nitrogen and oxygen atoms in total. The van der Waals surface area contributed by atoms with Crippen LogP contribution in [0.5, 0.6) is 0 Å². The molecular weight excluding hydrogens is 811 g/mol. The van der Waals surface area contributed by atoms with E-state index in [1.165, 1.54) is 0 Å². The molecule has 6 aliphatic heterocycles. The predicted octanol–water partition coefficient (Wildman–Crippen LogP) is 5.60. The smallest absolute Gasteiger partial charge is 0.316 e. The number of allylic oxidation sites excluding steroid dienone is 2. The lowest BCUT2D eigenvalue weighted by Gasteiger charge is -2.48. The molecule has 20 atom stereocenters. The van der Waals surface area contributed by atoms with Gasteiger partial charge < -0.3 is 62.9 Å². The highest BCUT2D eigenvalue weighted by molar-refractivity contribution is 5.78. The Bertz CT molecular complexity index is 1750. The molecule has 1 unspecified atom stereocenters. The second-order valence-electron chi connectivity index (χ2n) is 19.3. The minimum Gasteiger partial charge on any atom is -0.462 e. The van der Waals surface area contributed by atoms with E-state index in [2.05, 4.69) is 52.1 Å². The zero-order chi connectivity index (χ0) is 45.4. The van der Waals surface area contributed by atoms with Gasteiger partial charge in [0.2, 0.25) is 0 Å². The van der Waals surface area contributed by atoms with Gasteiger partial charge in [-0.2, -0.15) is 0 Å². The second-order valence-corrected chi connectivity index (χ2v) is 19.3. The van der Waals surface area contributed by atoms with E-state index in [1.54, 1.807) is 33.3 Å². The molecule has 7 aliphatic rings. The van der Waals surface area contributed by atoms with Gasteiger partial charge in [0, 0.05) is 51.7 Å². The summed E-state index contributed by atoms with van der Waals surface area (Å²) in [6.45, 7) is 16.4. The monoisotopic (exact) mass is 886 g/mol. The number of ether oxygens (including phenoxy) is 10. The van der Waals surface area contributed by atoms with Crippen LogP contribution in [0.4, 0.5) is 0 Å². The average Bonchev–Trinajstić information content (AvgIpc) is 3.60. The number of fused-ring (bicyclic) bond motifs is 2. The molecule has 4 saturated heterocycles. The van der Waals surface area contributed by atoms with Crippen LogP contribution in [0.1, 0.15) is 93.9 Å². The zero-order valence-corrected chi connectivity index (χ0v) is 39.3. The van der Waals surface area contributed by atoms with Crippen LogP contribution in [0.25, 0.3) is 0 Å². The predicted molar refractivity (Wildman–Crippen MR) is 234 cm³/mol. The van der Waals surface area contributed by atoms with E-state index in [0.29, 0.717) is 43.3 Å². The van der Waals surface area contributed by atoms with E-state index < -0.39 is 66.4 Å². The lowest BCUT2D eigenvalue weighted by atomic mass is 9.71. The van der Waals surface area contributed by atoms with Crippen molar-refractivity contribution in [3.05, 3.63) is 59.3 Å². The van der Waals surface area contributed by atoms with Crippen molar-refractivity contribution in [3.8, 4) is 0 Å².